The molecule has 1 heterocycles. The Bertz CT molecular complexity index is 1020. The molecule has 1 atom stereocenters. The minimum absolute atomic E-state index is 0.00822. The van der Waals surface area contributed by atoms with E-state index >= 15 is 0 Å². The lowest BCUT2D eigenvalue weighted by atomic mass is 10.0. The van der Waals surface area contributed by atoms with Crippen LogP contribution in [0.25, 0.3) is 0 Å². The van der Waals surface area contributed by atoms with Crippen molar-refractivity contribution in [3.8, 4) is 0 Å². The number of nitrogens with zero attached hydrogens (tertiary/aromatic N) is 3. The van der Waals surface area contributed by atoms with Crippen LogP contribution in [-0.4, -0.2) is 47.4 Å². The molecule has 1 fully saturated rings. The van der Waals surface area contributed by atoms with E-state index < -0.39 is 22.5 Å². The first-order valence-electron chi connectivity index (χ1n) is 10.1. The Hall–Kier alpha value is -2.07. The largest absolute Gasteiger partial charge is 0.393 e. The van der Waals surface area contributed by atoms with Crippen LogP contribution in [0, 0.1) is 5.92 Å². The maximum atomic E-state index is 13.2. The quantitative estimate of drug-likeness (QED) is 0.611. The summed E-state index contributed by atoms with van der Waals surface area (Å²) in [4.78, 5) is 22.8. The summed E-state index contributed by atoms with van der Waals surface area (Å²) in [6, 6.07) is 4.29. The molecule has 1 aromatic heterocycles. The van der Waals surface area contributed by atoms with E-state index in [2.05, 4.69) is 9.97 Å². The van der Waals surface area contributed by atoms with Gasteiger partial charge in [0, 0.05) is 12.7 Å². The predicted octanol–water partition coefficient (Wildman–Crippen LogP) is 3.19. The van der Waals surface area contributed by atoms with Crippen molar-refractivity contribution in [1.29, 1.82) is 0 Å². The molecule has 2 aromatic rings. The Kier molecular flexibility index (Phi) is 7.64. The molecule has 0 radical (unpaired) electrons. The standard InChI is InChI=1S/C21H26ClN3O5S/c1-31(29,30)19-8-7-15(10-16(19)22)25(21(28)9-6-14-4-2-3-5-14)20-12-23-17(11-24-20)18(27)13-26/h7-8,10-12,14,18,26-27H,2-6,9,13H2,1H3. The Morgan fingerprint density at radius 1 is 1.26 bits per heavy atom. The fourth-order valence-corrected chi connectivity index (χ4v) is 5.11. The molecule has 1 aliphatic rings. The van der Waals surface area contributed by atoms with Gasteiger partial charge in [-0.15, -0.1) is 0 Å². The van der Waals surface area contributed by atoms with Gasteiger partial charge in [0.15, 0.2) is 15.7 Å². The van der Waals surface area contributed by atoms with E-state index in [4.69, 9.17) is 16.7 Å². The van der Waals surface area contributed by atoms with Crippen LogP contribution in [0.2, 0.25) is 5.02 Å². The molecule has 1 unspecified atom stereocenters. The lowest BCUT2D eigenvalue weighted by Crippen LogP contribution is -2.27. The zero-order valence-electron chi connectivity index (χ0n) is 17.2. The molecule has 1 aliphatic carbocycles. The molecule has 1 saturated carbocycles. The number of benzene rings is 1. The normalized spacial score (nSPS) is 15.7. The van der Waals surface area contributed by atoms with Gasteiger partial charge in [-0.2, -0.15) is 0 Å². The SMILES string of the molecule is CS(=O)(=O)c1ccc(N(C(=O)CCC2CCCC2)c2cnc(C(O)CO)cn2)cc1Cl. The highest BCUT2D eigenvalue weighted by molar-refractivity contribution is 7.90. The minimum Gasteiger partial charge on any atom is -0.393 e. The number of aliphatic hydroxyl groups is 2. The molecule has 168 valence electrons. The Morgan fingerprint density at radius 2 is 1.97 bits per heavy atom. The Balaban J connectivity index is 1.93. The summed E-state index contributed by atoms with van der Waals surface area (Å²) in [5.41, 5.74) is 0.550. The van der Waals surface area contributed by atoms with Crippen LogP contribution in [-0.2, 0) is 14.6 Å². The highest BCUT2D eigenvalue weighted by atomic mass is 35.5. The van der Waals surface area contributed by atoms with E-state index in [1.165, 1.54) is 48.3 Å². The van der Waals surface area contributed by atoms with Gasteiger partial charge in [0.2, 0.25) is 5.91 Å². The summed E-state index contributed by atoms with van der Waals surface area (Å²) in [6.07, 6.45) is 8.20. The zero-order chi connectivity index (χ0) is 22.6. The molecule has 0 saturated heterocycles. The smallest absolute Gasteiger partial charge is 0.232 e. The Morgan fingerprint density at radius 3 is 2.52 bits per heavy atom. The van der Waals surface area contributed by atoms with Crippen molar-refractivity contribution in [2.24, 2.45) is 5.92 Å². The summed E-state index contributed by atoms with van der Waals surface area (Å²) in [7, 11) is -3.52. The molecular formula is C21H26ClN3O5S. The zero-order valence-corrected chi connectivity index (χ0v) is 18.8. The summed E-state index contributed by atoms with van der Waals surface area (Å²) in [5.74, 6) is 0.531. The van der Waals surface area contributed by atoms with Crippen LogP contribution in [0.3, 0.4) is 0 Å². The van der Waals surface area contributed by atoms with Crippen molar-refractivity contribution in [2.75, 3.05) is 17.8 Å². The number of anilines is 2. The lowest BCUT2D eigenvalue weighted by molar-refractivity contribution is -0.118. The van der Waals surface area contributed by atoms with Crippen LogP contribution in [0.1, 0.15) is 50.3 Å². The van der Waals surface area contributed by atoms with E-state index in [1.54, 1.807) is 0 Å². The lowest BCUT2D eigenvalue weighted by Gasteiger charge is -2.23. The molecular weight excluding hydrogens is 442 g/mol. The first-order chi connectivity index (χ1) is 14.7. The van der Waals surface area contributed by atoms with E-state index in [1.807, 2.05) is 0 Å². The third-order valence-corrected chi connectivity index (χ3v) is 7.05. The number of amides is 1. The number of carbonyl (C=O) groups is 1. The molecule has 31 heavy (non-hydrogen) atoms. The van der Waals surface area contributed by atoms with Crippen LogP contribution >= 0.6 is 11.6 Å². The third kappa shape index (κ3) is 5.79. The summed E-state index contributed by atoms with van der Waals surface area (Å²) < 4.78 is 23.8. The van der Waals surface area contributed by atoms with Crippen molar-refractivity contribution in [3.05, 3.63) is 41.3 Å². The maximum absolute atomic E-state index is 13.2. The van der Waals surface area contributed by atoms with Gasteiger partial charge < -0.3 is 10.2 Å². The van der Waals surface area contributed by atoms with Gasteiger partial charge in [-0.05, 0) is 30.5 Å². The first-order valence-corrected chi connectivity index (χ1v) is 12.4. The van der Waals surface area contributed by atoms with Crippen LogP contribution in [0.15, 0.2) is 35.5 Å². The van der Waals surface area contributed by atoms with Crippen LogP contribution in [0.5, 0.6) is 0 Å². The summed E-state index contributed by atoms with van der Waals surface area (Å²) in [6.45, 7) is -0.499. The highest BCUT2D eigenvalue weighted by Crippen LogP contribution is 2.33. The van der Waals surface area contributed by atoms with Crippen LogP contribution in [0.4, 0.5) is 11.5 Å². The average Bonchev–Trinajstić information content (AvgIpc) is 3.25. The first kappa shape index (κ1) is 23.6. The second kappa shape index (κ2) is 10.0. The van der Waals surface area contributed by atoms with E-state index in [0.717, 1.165) is 25.5 Å². The van der Waals surface area contributed by atoms with Crippen molar-refractivity contribution in [2.45, 2.75) is 49.5 Å². The molecule has 10 heteroatoms. The van der Waals surface area contributed by atoms with Gasteiger partial charge in [0.1, 0.15) is 6.10 Å². The summed E-state index contributed by atoms with van der Waals surface area (Å²) >= 11 is 6.20. The number of hydrogen-bond acceptors (Lipinski definition) is 7. The summed E-state index contributed by atoms with van der Waals surface area (Å²) in [5, 5.41) is 18.8. The molecule has 8 nitrogen and oxygen atoms in total. The fourth-order valence-electron chi connectivity index (χ4n) is 3.78. The predicted molar refractivity (Wildman–Crippen MR) is 117 cm³/mol. The van der Waals surface area contributed by atoms with Crippen molar-refractivity contribution in [1.82, 2.24) is 9.97 Å². The van der Waals surface area contributed by atoms with Gasteiger partial charge in [-0.25, -0.2) is 13.4 Å². The molecule has 1 aromatic carbocycles. The molecule has 0 bridgehead atoms. The second-order valence-electron chi connectivity index (χ2n) is 7.80. The number of aliphatic hydroxyl groups excluding tert-OH is 2. The van der Waals surface area contributed by atoms with Crippen molar-refractivity contribution >= 4 is 38.9 Å². The maximum Gasteiger partial charge on any atom is 0.232 e. The van der Waals surface area contributed by atoms with Gasteiger partial charge in [0.05, 0.1) is 40.3 Å². The number of sulfone groups is 1. The Labute approximate surface area is 186 Å². The molecule has 0 aliphatic heterocycles. The minimum atomic E-state index is -3.52. The van der Waals surface area contributed by atoms with Gasteiger partial charge in [0.25, 0.3) is 0 Å². The van der Waals surface area contributed by atoms with Crippen molar-refractivity contribution in [3.63, 3.8) is 0 Å². The number of halogens is 1. The third-order valence-electron chi connectivity index (χ3n) is 5.47. The van der Waals surface area contributed by atoms with Crippen molar-refractivity contribution < 1.29 is 23.4 Å². The van der Waals surface area contributed by atoms with Gasteiger partial charge in [-0.1, -0.05) is 37.3 Å². The van der Waals surface area contributed by atoms with Gasteiger partial charge in [-0.3, -0.25) is 14.7 Å². The second-order valence-corrected chi connectivity index (χ2v) is 10.2. The molecule has 3 rings (SSSR count). The topological polar surface area (TPSA) is 121 Å². The molecule has 2 N–H and O–H groups in total. The number of hydrogen-bond donors (Lipinski definition) is 2. The average molecular weight is 468 g/mol. The molecule has 0 spiro atoms. The number of carbonyl (C=O) groups excluding carboxylic acids is 1. The fraction of sp³-hybridized carbons (Fsp3) is 0.476. The van der Waals surface area contributed by atoms with E-state index in [-0.39, 0.29) is 27.3 Å². The number of aromatic nitrogens is 2. The van der Waals surface area contributed by atoms with E-state index in [9.17, 15) is 18.3 Å². The van der Waals surface area contributed by atoms with Gasteiger partial charge >= 0.3 is 0 Å². The van der Waals surface area contributed by atoms with Crippen LogP contribution < -0.4 is 4.90 Å². The van der Waals surface area contributed by atoms with E-state index in [0.29, 0.717) is 18.0 Å². The molecule has 1 amide bonds. The monoisotopic (exact) mass is 467 g/mol. The number of rotatable bonds is 8. The highest BCUT2D eigenvalue weighted by Gasteiger charge is 2.24.